The van der Waals surface area contributed by atoms with Gasteiger partial charge in [-0.2, -0.15) is 13.2 Å². The fraction of sp³-hybridized carbons (Fsp3) is 0.222. The molecule has 0 heterocycles. The minimum Gasteiger partial charge on any atom is -0.380 e. The van der Waals surface area contributed by atoms with Crippen molar-refractivity contribution >= 4 is 40.9 Å². The van der Waals surface area contributed by atoms with Gasteiger partial charge in [0, 0.05) is 27.8 Å². The number of aldehydes is 1. The van der Waals surface area contributed by atoms with E-state index in [1.165, 1.54) is 6.07 Å². The first kappa shape index (κ1) is 22.0. The van der Waals surface area contributed by atoms with Crippen LogP contribution in [0.4, 0.5) is 18.9 Å². The summed E-state index contributed by atoms with van der Waals surface area (Å²) < 4.78 is 38.6. The van der Waals surface area contributed by atoms with Crippen molar-refractivity contribution in [2.24, 2.45) is 0 Å². The lowest BCUT2D eigenvalue weighted by Crippen LogP contribution is -2.11. The van der Waals surface area contributed by atoms with Crippen LogP contribution in [0.1, 0.15) is 30.5 Å². The third-order valence-corrected chi connectivity index (χ3v) is 3.83. The highest BCUT2D eigenvalue weighted by Gasteiger charge is 2.31. The Morgan fingerprint density at radius 1 is 1.15 bits per heavy atom. The summed E-state index contributed by atoms with van der Waals surface area (Å²) in [5, 5.41) is 11.1. The molecule has 0 bridgehead atoms. The van der Waals surface area contributed by atoms with E-state index in [4.69, 9.17) is 28.6 Å². The summed E-state index contributed by atoms with van der Waals surface area (Å²) in [4.78, 5) is 10.8. The Hall–Kier alpha value is -2.05. The molecule has 0 aliphatic heterocycles. The summed E-state index contributed by atoms with van der Waals surface area (Å²) in [6.07, 6.45) is -4.26. The molecule has 0 saturated carbocycles. The fourth-order valence-corrected chi connectivity index (χ4v) is 2.50. The normalized spacial score (nSPS) is 10.6. The molecular weight excluding hydrogens is 388 g/mol. The Balaban J connectivity index is 0.00000163. The molecule has 0 aliphatic rings. The molecule has 0 aliphatic carbocycles. The Morgan fingerprint density at radius 3 is 2.35 bits per heavy atom. The summed E-state index contributed by atoms with van der Waals surface area (Å²) in [6.45, 7) is 4.11. The quantitative estimate of drug-likeness (QED) is 0.459. The van der Waals surface area contributed by atoms with Crippen LogP contribution in [0.25, 0.3) is 0 Å². The standard InChI is InChI=1S/C16H11Cl2F3N2O.C2H6/c17-11-3-1-9(13(18)6-11)7-23-15-5-10(16(19,20)21)2-4-12(15)14(22)8-24;1-2/h1-6,8,22-23H,7H2;1-2H3. The largest absolute Gasteiger partial charge is 0.416 e. The van der Waals surface area contributed by atoms with Gasteiger partial charge in [0.1, 0.15) is 5.71 Å². The first-order valence-electron chi connectivity index (χ1n) is 7.65. The Kier molecular flexibility index (Phi) is 8.11. The molecule has 2 N–H and O–H groups in total. The Morgan fingerprint density at radius 2 is 1.81 bits per heavy atom. The van der Waals surface area contributed by atoms with Crippen molar-refractivity contribution in [1.29, 1.82) is 5.41 Å². The number of hydrogen-bond acceptors (Lipinski definition) is 3. The Labute approximate surface area is 159 Å². The molecule has 0 aromatic heterocycles. The van der Waals surface area contributed by atoms with Gasteiger partial charge in [-0.05, 0) is 29.8 Å². The highest BCUT2D eigenvalue weighted by molar-refractivity contribution is 6.36. The zero-order valence-electron chi connectivity index (χ0n) is 14.0. The van der Waals surface area contributed by atoms with Gasteiger partial charge < -0.3 is 5.32 Å². The van der Waals surface area contributed by atoms with Gasteiger partial charge >= 0.3 is 6.18 Å². The monoisotopic (exact) mass is 404 g/mol. The second-order valence-corrected chi connectivity index (χ2v) is 5.72. The van der Waals surface area contributed by atoms with Crippen LogP contribution in [0.2, 0.25) is 10.0 Å². The van der Waals surface area contributed by atoms with Crippen molar-refractivity contribution in [2.75, 3.05) is 5.32 Å². The molecule has 8 heteroatoms. The van der Waals surface area contributed by atoms with E-state index < -0.39 is 17.5 Å². The van der Waals surface area contributed by atoms with Crippen LogP contribution in [-0.4, -0.2) is 12.0 Å². The summed E-state index contributed by atoms with van der Waals surface area (Å²) >= 11 is 11.8. The Bertz CT molecular complexity index is 792. The van der Waals surface area contributed by atoms with Gasteiger partial charge in [-0.25, -0.2) is 0 Å². The highest BCUT2D eigenvalue weighted by atomic mass is 35.5. The molecule has 0 spiro atoms. The zero-order chi connectivity index (χ0) is 19.9. The van der Waals surface area contributed by atoms with Crippen LogP contribution < -0.4 is 5.32 Å². The number of nitrogens with one attached hydrogen (secondary N) is 2. The lowest BCUT2D eigenvalue weighted by molar-refractivity contribution is -0.137. The molecular formula is C18H17Cl2F3N2O. The summed E-state index contributed by atoms with van der Waals surface area (Å²) in [5.41, 5.74) is -0.596. The number of halogens is 5. The van der Waals surface area contributed by atoms with Crippen LogP contribution in [-0.2, 0) is 17.5 Å². The van der Waals surface area contributed by atoms with Crippen molar-refractivity contribution in [2.45, 2.75) is 26.6 Å². The van der Waals surface area contributed by atoms with E-state index >= 15 is 0 Å². The summed E-state index contributed by atoms with van der Waals surface area (Å²) in [5.74, 6) is 0. The number of rotatable bonds is 5. The third-order valence-electron chi connectivity index (χ3n) is 3.24. The number of carbonyl (C=O) groups excluding carboxylic acids is 1. The number of benzene rings is 2. The molecule has 2 aromatic carbocycles. The second-order valence-electron chi connectivity index (χ2n) is 4.88. The molecule has 0 fully saturated rings. The number of carbonyl (C=O) groups is 1. The van der Waals surface area contributed by atoms with Crippen molar-refractivity contribution < 1.29 is 18.0 Å². The minimum absolute atomic E-state index is 0.0212. The van der Waals surface area contributed by atoms with E-state index in [0.717, 1.165) is 18.2 Å². The van der Waals surface area contributed by atoms with Gasteiger partial charge in [0.2, 0.25) is 0 Å². The molecule has 0 saturated heterocycles. The van der Waals surface area contributed by atoms with Crippen LogP contribution >= 0.6 is 23.2 Å². The maximum absolute atomic E-state index is 12.9. The molecule has 0 amide bonds. The molecule has 0 radical (unpaired) electrons. The second kappa shape index (κ2) is 9.59. The SMILES string of the molecule is CC.N=C(C=O)c1ccc(C(F)(F)F)cc1NCc1ccc(Cl)cc1Cl. The van der Waals surface area contributed by atoms with Gasteiger partial charge in [-0.15, -0.1) is 0 Å². The van der Waals surface area contributed by atoms with Crippen LogP contribution in [0.15, 0.2) is 36.4 Å². The molecule has 3 nitrogen and oxygen atoms in total. The molecule has 140 valence electrons. The van der Waals surface area contributed by atoms with Gasteiger partial charge in [-0.3, -0.25) is 10.2 Å². The first-order chi connectivity index (χ1) is 12.2. The molecule has 2 aromatic rings. The van der Waals surface area contributed by atoms with Gasteiger partial charge in [0.15, 0.2) is 6.29 Å². The van der Waals surface area contributed by atoms with E-state index in [0.29, 0.717) is 15.6 Å². The fourth-order valence-electron chi connectivity index (χ4n) is 2.02. The lowest BCUT2D eigenvalue weighted by Gasteiger charge is -2.15. The third kappa shape index (κ3) is 5.75. The molecule has 0 unspecified atom stereocenters. The zero-order valence-corrected chi connectivity index (χ0v) is 15.6. The molecule has 2 rings (SSSR count). The summed E-state index contributed by atoms with van der Waals surface area (Å²) in [7, 11) is 0. The maximum Gasteiger partial charge on any atom is 0.416 e. The van der Waals surface area contributed by atoms with Gasteiger partial charge in [-0.1, -0.05) is 49.2 Å². The van der Waals surface area contributed by atoms with E-state index in [1.807, 2.05) is 13.8 Å². The lowest BCUT2D eigenvalue weighted by atomic mass is 10.0. The van der Waals surface area contributed by atoms with Crippen molar-refractivity contribution in [3.05, 3.63) is 63.1 Å². The predicted molar refractivity (Wildman–Crippen MR) is 99.5 cm³/mol. The van der Waals surface area contributed by atoms with Crippen LogP contribution in [0, 0.1) is 5.41 Å². The van der Waals surface area contributed by atoms with Crippen molar-refractivity contribution in [1.82, 2.24) is 0 Å². The minimum atomic E-state index is -4.53. The van der Waals surface area contributed by atoms with Crippen molar-refractivity contribution in [3.63, 3.8) is 0 Å². The first-order valence-corrected chi connectivity index (χ1v) is 8.41. The van der Waals surface area contributed by atoms with Crippen LogP contribution in [0.5, 0.6) is 0 Å². The summed E-state index contributed by atoms with van der Waals surface area (Å²) in [6, 6.07) is 7.53. The average Bonchev–Trinajstić information content (AvgIpc) is 2.61. The van der Waals surface area contributed by atoms with E-state index in [-0.39, 0.29) is 24.1 Å². The number of hydrogen-bond donors (Lipinski definition) is 2. The van der Waals surface area contributed by atoms with Gasteiger partial charge in [0.05, 0.1) is 5.56 Å². The smallest absolute Gasteiger partial charge is 0.380 e. The van der Waals surface area contributed by atoms with Gasteiger partial charge in [0.25, 0.3) is 0 Å². The van der Waals surface area contributed by atoms with Crippen LogP contribution in [0.3, 0.4) is 0 Å². The molecule has 26 heavy (non-hydrogen) atoms. The van der Waals surface area contributed by atoms with E-state index in [9.17, 15) is 18.0 Å². The maximum atomic E-state index is 12.9. The van der Waals surface area contributed by atoms with E-state index in [1.54, 1.807) is 12.1 Å². The molecule has 0 atom stereocenters. The number of alkyl halides is 3. The topological polar surface area (TPSA) is 53.0 Å². The van der Waals surface area contributed by atoms with E-state index in [2.05, 4.69) is 5.32 Å². The van der Waals surface area contributed by atoms with Crippen molar-refractivity contribution in [3.8, 4) is 0 Å². The number of anilines is 1. The predicted octanol–water partition coefficient (Wildman–Crippen LogP) is 6.22. The average molecular weight is 405 g/mol. The highest BCUT2D eigenvalue weighted by Crippen LogP contribution is 2.32.